The number of benzene rings is 3. The van der Waals surface area contributed by atoms with E-state index in [9.17, 15) is 19.2 Å². The first-order valence-corrected chi connectivity index (χ1v) is 19.6. The number of amides is 4. The van der Waals surface area contributed by atoms with Gasteiger partial charge in [0, 0.05) is 79.8 Å². The van der Waals surface area contributed by atoms with E-state index in [1.807, 2.05) is 47.0 Å². The van der Waals surface area contributed by atoms with E-state index in [2.05, 4.69) is 36.5 Å². The van der Waals surface area contributed by atoms with Crippen LogP contribution in [0.15, 0.2) is 78.6 Å². The van der Waals surface area contributed by atoms with Crippen LogP contribution < -0.4 is 15.5 Å². The van der Waals surface area contributed by atoms with E-state index < -0.39 is 23.7 Å². The van der Waals surface area contributed by atoms with Crippen molar-refractivity contribution in [1.82, 2.24) is 29.7 Å². The zero-order chi connectivity index (χ0) is 37.6. The van der Waals surface area contributed by atoms with Crippen molar-refractivity contribution in [2.45, 2.75) is 57.3 Å². The number of piperazine rings is 1. The number of piperidine rings is 1. The van der Waals surface area contributed by atoms with Gasteiger partial charge in [0.15, 0.2) is 11.2 Å². The molecule has 5 aromatic rings. The molecule has 0 radical (unpaired) electrons. The minimum atomic E-state index is -1.04. The van der Waals surface area contributed by atoms with Crippen LogP contribution in [0.25, 0.3) is 11.1 Å². The van der Waals surface area contributed by atoms with Gasteiger partial charge in [0.2, 0.25) is 11.8 Å². The molecule has 2 N–H and O–H groups in total. The lowest BCUT2D eigenvalue weighted by Gasteiger charge is -2.36. The van der Waals surface area contributed by atoms with Gasteiger partial charge in [-0.2, -0.15) is 0 Å². The third-order valence-corrected chi connectivity index (χ3v) is 12.0. The summed E-state index contributed by atoms with van der Waals surface area (Å²) < 4.78 is 17.9. The van der Waals surface area contributed by atoms with Crippen molar-refractivity contribution in [3.05, 3.63) is 118 Å². The van der Waals surface area contributed by atoms with Crippen molar-refractivity contribution in [2.24, 2.45) is 0 Å². The zero-order valence-electron chi connectivity index (χ0n) is 30.0. The van der Waals surface area contributed by atoms with Crippen LogP contribution in [0.2, 0.25) is 0 Å². The molecule has 2 atom stereocenters. The van der Waals surface area contributed by atoms with Crippen molar-refractivity contribution in [3.63, 3.8) is 0 Å². The van der Waals surface area contributed by atoms with Gasteiger partial charge in [-0.1, -0.05) is 36.4 Å². The van der Waals surface area contributed by atoms with Gasteiger partial charge in [0.25, 0.3) is 11.8 Å². The normalized spacial score (nSPS) is 19.0. The molecule has 12 nitrogen and oxygen atoms in total. The summed E-state index contributed by atoms with van der Waals surface area (Å²) in [6, 6.07) is 18.1. The summed E-state index contributed by atoms with van der Waals surface area (Å²) in [6.45, 7) is 4.78. The molecule has 2 fully saturated rings. The van der Waals surface area contributed by atoms with Gasteiger partial charge in [0.1, 0.15) is 5.82 Å². The van der Waals surface area contributed by atoms with Crippen LogP contribution in [0.1, 0.15) is 69.7 Å². The smallest absolute Gasteiger partial charge is 0.255 e. The standard InChI is InChI=1S/C41H39FN8O4S/c42-33-21-27(20-31-32(33)23-50(40(31)54)37(39(53)46-41-43-13-19-55-41)36-34-6-3-14-49(34)24-44-36)25-7-9-28(10-8-25)48-17-15-47(16-18-48)22-26-4-1-2-5-29(26)30-11-12-35(51)45-38(30)52/h1-2,4-5,7-10,13,19-21,24,30,37H,3,6,11-12,14-18,22-23H2,(H,43,46,53)(H,45,51,52). The SMILES string of the molecule is O=C1CCC(c2ccccc2CN2CCN(c3ccc(-c4cc(F)c5c(c4)C(=O)N(C(C(=O)Nc4nccs4)c4ncn6c4CCC6)C5)cc3)CC2)C(=O)N1. The van der Waals surface area contributed by atoms with Crippen LogP contribution in [0.5, 0.6) is 0 Å². The van der Waals surface area contributed by atoms with Gasteiger partial charge in [-0.05, 0) is 65.8 Å². The number of hydrogen-bond acceptors (Lipinski definition) is 9. The second-order valence-corrected chi connectivity index (χ2v) is 15.4. The number of aromatic nitrogens is 3. The second-order valence-electron chi connectivity index (χ2n) is 14.5. The number of aryl methyl sites for hydroxylation is 1. The Bertz CT molecular complexity index is 2300. The van der Waals surface area contributed by atoms with Gasteiger partial charge in [0.05, 0.1) is 24.5 Å². The van der Waals surface area contributed by atoms with Crippen LogP contribution in [-0.2, 0) is 40.4 Å². The van der Waals surface area contributed by atoms with E-state index in [0.717, 1.165) is 80.2 Å². The summed E-state index contributed by atoms with van der Waals surface area (Å²) in [5, 5.41) is 7.51. The van der Waals surface area contributed by atoms with E-state index >= 15 is 4.39 Å². The number of fused-ring (bicyclic) bond motifs is 2. The highest BCUT2D eigenvalue weighted by atomic mass is 32.1. The molecule has 4 aliphatic heterocycles. The highest BCUT2D eigenvalue weighted by molar-refractivity contribution is 7.13. The molecule has 9 rings (SSSR count). The molecular weight excluding hydrogens is 720 g/mol. The van der Waals surface area contributed by atoms with E-state index in [4.69, 9.17) is 0 Å². The summed E-state index contributed by atoms with van der Waals surface area (Å²) in [7, 11) is 0. The van der Waals surface area contributed by atoms with Crippen molar-refractivity contribution in [3.8, 4) is 11.1 Å². The Morgan fingerprint density at radius 2 is 1.78 bits per heavy atom. The Hall–Kier alpha value is -5.73. The summed E-state index contributed by atoms with van der Waals surface area (Å²) in [4.78, 5) is 67.1. The van der Waals surface area contributed by atoms with Gasteiger partial charge < -0.3 is 14.4 Å². The topological polar surface area (TPSA) is 133 Å². The highest BCUT2D eigenvalue weighted by Crippen LogP contribution is 2.38. The number of imidazole rings is 1. The molecule has 2 aromatic heterocycles. The second kappa shape index (κ2) is 14.5. The number of nitrogens with one attached hydrogen (secondary N) is 2. The maximum atomic E-state index is 15.9. The van der Waals surface area contributed by atoms with Crippen LogP contribution in [0.4, 0.5) is 15.2 Å². The number of hydrogen-bond donors (Lipinski definition) is 2. The third kappa shape index (κ3) is 6.69. The number of carbonyl (C=O) groups excluding carboxylic acids is 4. The molecule has 6 heterocycles. The molecule has 4 aliphatic rings. The van der Waals surface area contributed by atoms with Gasteiger partial charge in [-0.25, -0.2) is 14.4 Å². The fourth-order valence-corrected chi connectivity index (χ4v) is 8.98. The molecule has 2 saturated heterocycles. The number of imide groups is 1. The maximum Gasteiger partial charge on any atom is 0.255 e. The van der Waals surface area contributed by atoms with E-state index in [-0.39, 0.29) is 35.4 Å². The molecule has 280 valence electrons. The number of carbonyl (C=O) groups is 4. The van der Waals surface area contributed by atoms with E-state index in [0.29, 0.717) is 29.2 Å². The monoisotopic (exact) mass is 758 g/mol. The average Bonchev–Trinajstić information content (AvgIpc) is 4.01. The number of halogens is 1. The Kier molecular flexibility index (Phi) is 9.22. The molecule has 14 heteroatoms. The quantitative estimate of drug-likeness (QED) is 0.195. The number of thiazole rings is 1. The third-order valence-electron chi connectivity index (χ3n) is 11.3. The maximum absolute atomic E-state index is 15.9. The van der Waals surface area contributed by atoms with Crippen LogP contribution >= 0.6 is 11.3 Å². The van der Waals surface area contributed by atoms with Crippen molar-refractivity contribution in [1.29, 1.82) is 0 Å². The van der Waals surface area contributed by atoms with Gasteiger partial charge in [-0.3, -0.25) is 34.7 Å². The van der Waals surface area contributed by atoms with Crippen LogP contribution in [0.3, 0.4) is 0 Å². The Labute approximate surface area is 321 Å². The van der Waals surface area contributed by atoms with E-state index in [1.54, 1.807) is 24.0 Å². The molecule has 2 unspecified atom stereocenters. The first kappa shape index (κ1) is 35.0. The lowest BCUT2D eigenvalue weighted by Crippen LogP contribution is -2.46. The molecule has 55 heavy (non-hydrogen) atoms. The minimum Gasteiger partial charge on any atom is -0.369 e. The highest BCUT2D eigenvalue weighted by Gasteiger charge is 2.42. The van der Waals surface area contributed by atoms with E-state index in [1.165, 1.54) is 22.3 Å². The molecule has 0 saturated carbocycles. The van der Waals surface area contributed by atoms with Gasteiger partial charge in [-0.15, -0.1) is 11.3 Å². The fraction of sp³-hybridized carbons (Fsp3) is 0.317. The van der Waals surface area contributed by atoms with Crippen molar-refractivity contribution >= 4 is 45.8 Å². The average molecular weight is 759 g/mol. The zero-order valence-corrected chi connectivity index (χ0v) is 30.9. The summed E-state index contributed by atoms with van der Waals surface area (Å²) >= 11 is 1.28. The van der Waals surface area contributed by atoms with Crippen LogP contribution in [0, 0.1) is 5.82 Å². The first-order valence-electron chi connectivity index (χ1n) is 18.7. The Morgan fingerprint density at radius 3 is 2.56 bits per heavy atom. The Morgan fingerprint density at radius 1 is 0.964 bits per heavy atom. The predicted molar refractivity (Wildman–Crippen MR) is 205 cm³/mol. The fourth-order valence-electron chi connectivity index (χ4n) is 8.44. The lowest BCUT2D eigenvalue weighted by molar-refractivity contribution is -0.134. The number of nitrogens with zero attached hydrogens (tertiary/aromatic N) is 6. The molecule has 3 aromatic carbocycles. The molecule has 0 spiro atoms. The van der Waals surface area contributed by atoms with Crippen LogP contribution in [-0.4, -0.2) is 74.1 Å². The van der Waals surface area contributed by atoms with Crippen molar-refractivity contribution in [2.75, 3.05) is 36.4 Å². The Balaban J connectivity index is 0.884. The molecular formula is C41H39FN8O4S. The predicted octanol–water partition coefficient (Wildman–Crippen LogP) is 5.27. The lowest BCUT2D eigenvalue weighted by atomic mass is 9.87. The first-order chi connectivity index (χ1) is 26.8. The largest absolute Gasteiger partial charge is 0.369 e. The molecule has 0 bridgehead atoms. The molecule has 0 aliphatic carbocycles. The summed E-state index contributed by atoms with van der Waals surface area (Å²) in [6.07, 6.45) is 5.86. The minimum absolute atomic E-state index is 0.0457. The van der Waals surface area contributed by atoms with Crippen molar-refractivity contribution < 1.29 is 23.6 Å². The molecule has 4 amide bonds. The number of anilines is 2. The number of rotatable bonds is 9. The summed E-state index contributed by atoms with van der Waals surface area (Å²) in [5.74, 6) is -2.08. The van der Waals surface area contributed by atoms with Gasteiger partial charge >= 0.3 is 0 Å². The summed E-state index contributed by atoms with van der Waals surface area (Å²) in [5.41, 5.74) is 6.47.